The van der Waals surface area contributed by atoms with Crippen LogP contribution in [0.1, 0.15) is 28.5 Å². The molecule has 1 atom stereocenters. The summed E-state index contributed by atoms with van der Waals surface area (Å²) in [5, 5.41) is 1.00. The van der Waals surface area contributed by atoms with Crippen LogP contribution in [0.2, 0.25) is 15.6 Å². The molecule has 4 rings (SSSR count). The van der Waals surface area contributed by atoms with Crippen LogP contribution in [0.3, 0.4) is 0 Å². The van der Waals surface area contributed by atoms with E-state index in [1.54, 1.807) is 12.3 Å². The van der Waals surface area contributed by atoms with Crippen molar-refractivity contribution in [1.82, 2.24) is 4.98 Å². The Kier molecular flexibility index (Phi) is 5.55. The molecule has 3 nitrogen and oxygen atoms in total. The van der Waals surface area contributed by atoms with Gasteiger partial charge in [-0.3, -0.25) is 0 Å². The third-order valence-electron chi connectivity index (χ3n) is 5.60. The highest BCUT2D eigenvalue weighted by Gasteiger charge is 2.42. The van der Waals surface area contributed by atoms with E-state index in [2.05, 4.69) is 10.3 Å². The molecular formula is C19H13B6ClN2OS. The molecule has 1 unspecified atom stereocenters. The maximum absolute atomic E-state index is 6.43. The van der Waals surface area contributed by atoms with E-state index in [4.69, 9.17) is 63.1 Å². The molecule has 0 spiro atoms. The number of allylic oxidation sites excluding steroid dienone is 2. The summed E-state index contributed by atoms with van der Waals surface area (Å²) in [5.41, 5.74) is 2.69. The molecule has 0 aliphatic heterocycles. The predicted octanol–water partition coefficient (Wildman–Crippen LogP) is 3.41. The number of anilines is 1. The third-order valence-corrected chi connectivity index (χ3v) is 7.23. The molecule has 11 heteroatoms. The van der Waals surface area contributed by atoms with Gasteiger partial charge in [-0.05, 0) is 30.5 Å². The molecule has 0 saturated carbocycles. The Morgan fingerprint density at radius 3 is 2.67 bits per heavy atom. The van der Waals surface area contributed by atoms with E-state index >= 15 is 0 Å². The highest BCUT2D eigenvalue weighted by atomic mass is 35.5. The molecule has 0 aromatic carbocycles. The van der Waals surface area contributed by atoms with Crippen LogP contribution in [0, 0.1) is 6.92 Å². The van der Waals surface area contributed by atoms with Crippen molar-refractivity contribution in [2.45, 2.75) is 36.2 Å². The second kappa shape index (κ2) is 7.63. The first-order valence-electron chi connectivity index (χ1n) is 9.30. The van der Waals surface area contributed by atoms with E-state index in [0.717, 1.165) is 32.1 Å². The molecule has 0 fully saturated rings. The molecule has 30 heavy (non-hydrogen) atoms. The number of nitrogens with zero attached hydrogens (tertiary/aromatic N) is 1. The lowest BCUT2D eigenvalue weighted by Gasteiger charge is -2.50. The molecular weight excluding hydrogens is 405 g/mol. The minimum absolute atomic E-state index is 0.0998. The molecule has 136 valence electrons. The third kappa shape index (κ3) is 3.60. The zero-order valence-electron chi connectivity index (χ0n) is 16.4. The van der Waals surface area contributed by atoms with Gasteiger partial charge in [-0.1, -0.05) is 28.4 Å². The van der Waals surface area contributed by atoms with Gasteiger partial charge in [0.15, 0.2) is 0 Å². The number of halogens is 1. The Labute approximate surface area is 193 Å². The predicted molar refractivity (Wildman–Crippen MR) is 130 cm³/mol. The van der Waals surface area contributed by atoms with Gasteiger partial charge in [-0.15, -0.1) is 22.3 Å². The van der Waals surface area contributed by atoms with Crippen LogP contribution >= 0.6 is 22.9 Å². The number of pyridine rings is 1. The summed E-state index contributed by atoms with van der Waals surface area (Å²) in [7, 11) is 37.4. The van der Waals surface area contributed by atoms with Crippen LogP contribution in [0.5, 0.6) is 0 Å². The molecule has 12 radical (unpaired) electrons. The fraction of sp³-hybridized carbons (Fsp3) is 0.316. The first-order valence-corrected chi connectivity index (χ1v) is 10.5. The molecule has 1 aliphatic rings. The standard InChI is InChI=1S/C19H13B6ClN2OS/c1-8-13-15(11(5-12(26)28-13)27-7-9-3-2-4-29-9)30-14(8)10-6-18(22,23)16(20)17(21)19(10,24)25/h2-5,10H,6-7H2,1H3,(H,27,28). The maximum Gasteiger partial charge on any atom is 0.131 e. The van der Waals surface area contributed by atoms with Crippen molar-refractivity contribution in [3.63, 3.8) is 0 Å². The van der Waals surface area contributed by atoms with Crippen LogP contribution in [0.25, 0.3) is 10.2 Å². The SMILES string of the molecule is [B]C1=C([B])C([B])([B])C(c2sc3c(NCc4ccco4)cc(Cl)nc3c2C)CC1([B])[B]. The highest BCUT2D eigenvalue weighted by Crippen LogP contribution is 2.59. The summed E-state index contributed by atoms with van der Waals surface area (Å²) >= 11 is 7.80. The minimum atomic E-state index is -1.40. The number of fused-ring (bicyclic) bond motifs is 1. The van der Waals surface area contributed by atoms with Crippen molar-refractivity contribution in [1.29, 1.82) is 0 Å². The van der Waals surface area contributed by atoms with Crippen LogP contribution in [0.15, 0.2) is 39.8 Å². The van der Waals surface area contributed by atoms with Gasteiger partial charge in [0.1, 0.15) is 26.6 Å². The largest absolute Gasteiger partial charge is 0.467 e. The van der Waals surface area contributed by atoms with Crippen LogP contribution < -0.4 is 5.32 Å². The van der Waals surface area contributed by atoms with Gasteiger partial charge in [0.2, 0.25) is 0 Å². The Morgan fingerprint density at radius 1 is 1.27 bits per heavy atom. The summed E-state index contributed by atoms with van der Waals surface area (Å²) in [6, 6.07) is 5.49. The van der Waals surface area contributed by atoms with Crippen molar-refractivity contribution in [3.05, 3.63) is 56.8 Å². The van der Waals surface area contributed by atoms with Crippen molar-refractivity contribution >= 4 is 85.9 Å². The smallest absolute Gasteiger partial charge is 0.131 e. The normalized spacial score (nSPS) is 20.5. The number of aryl methyl sites for hydroxylation is 1. The Balaban J connectivity index is 1.81. The minimum Gasteiger partial charge on any atom is -0.467 e. The monoisotopic (exact) mass is 418 g/mol. The van der Waals surface area contributed by atoms with Gasteiger partial charge >= 0.3 is 0 Å². The molecule has 3 heterocycles. The van der Waals surface area contributed by atoms with E-state index in [0.29, 0.717) is 11.7 Å². The van der Waals surface area contributed by atoms with Crippen LogP contribution in [0.4, 0.5) is 5.69 Å². The van der Waals surface area contributed by atoms with Gasteiger partial charge in [-0.25, -0.2) is 4.98 Å². The number of hydrogen-bond acceptors (Lipinski definition) is 4. The number of aromatic nitrogens is 1. The number of rotatable bonds is 4. The lowest BCUT2D eigenvalue weighted by Crippen LogP contribution is -2.37. The van der Waals surface area contributed by atoms with E-state index in [-0.39, 0.29) is 17.4 Å². The Morgan fingerprint density at radius 2 is 2.00 bits per heavy atom. The van der Waals surface area contributed by atoms with Crippen LogP contribution in [-0.2, 0) is 6.54 Å². The number of furan rings is 1. The first-order chi connectivity index (χ1) is 14.0. The molecule has 1 aliphatic carbocycles. The quantitative estimate of drug-likeness (QED) is 0.522. The number of nitrogens with one attached hydrogen (secondary N) is 1. The summed E-state index contributed by atoms with van der Waals surface area (Å²) in [6.45, 7) is 2.44. The number of hydrogen-bond donors (Lipinski definition) is 1. The Bertz CT molecular complexity index is 1140. The highest BCUT2D eigenvalue weighted by molar-refractivity contribution is 7.20. The van der Waals surface area contributed by atoms with Crippen molar-refractivity contribution in [3.8, 4) is 0 Å². The molecule has 3 aromatic rings. The average molecular weight is 418 g/mol. The van der Waals surface area contributed by atoms with E-state index in [9.17, 15) is 0 Å². The summed E-state index contributed by atoms with van der Waals surface area (Å²) < 4.78 is 6.31. The fourth-order valence-corrected chi connectivity index (χ4v) is 5.44. The van der Waals surface area contributed by atoms with Crippen molar-refractivity contribution < 1.29 is 4.42 Å². The average Bonchev–Trinajstić information content (AvgIpc) is 3.30. The molecule has 3 aromatic heterocycles. The first kappa shape index (κ1) is 21.8. The molecule has 0 bridgehead atoms. The zero-order chi connectivity index (χ0) is 21.8. The topological polar surface area (TPSA) is 38.1 Å². The van der Waals surface area contributed by atoms with Gasteiger partial charge in [0.05, 0.1) is 60.1 Å². The zero-order valence-corrected chi connectivity index (χ0v) is 18.0. The lowest BCUT2D eigenvalue weighted by atomic mass is 9.29. The van der Waals surface area contributed by atoms with E-state index < -0.39 is 16.3 Å². The van der Waals surface area contributed by atoms with Gasteiger partial charge < -0.3 is 9.73 Å². The summed E-state index contributed by atoms with van der Waals surface area (Å²) in [4.78, 5) is 5.41. The van der Waals surface area contributed by atoms with Gasteiger partial charge in [-0.2, -0.15) is 0 Å². The molecule has 1 N–H and O–H groups in total. The second-order valence-corrected chi connectivity index (χ2v) is 9.19. The van der Waals surface area contributed by atoms with E-state index in [1.807, 2.05) is 19.1 Å². The van der Waals surface area contributed by atoms with Crippen molar-refractivity contribution in [2.75, 3.05) is 5.32 Å². The Hall–Kier alpha value is -1.39. The van der Waals surface area contributed by atoms with Gasteiger partial charge in [0.25, 0.3) is 0 Å². The fourth-order valence-electron chi connectivity index (χ4n) is 3.82. The lowest BCUT2D eigenvalue weighted by molar-refractivity contribution is 0.518. The maximum atomic E-state index is 6.43. The summed E-state index contributed by atoms with van der Waals surface area (Å²) in [5.74, 6) is 0.347. The molecule has 0 amide bonds. The summed E-state index contributed by atoms with van der Waals surface area (Å²) in [6.07, 6.45) is 1.86. The van der Waals surface area contributed by atoms with Crippen molar-refractivity contribution in [2.24, 2.45) is 0 Å². The van der Waals surface area contributed by atoms with Crippen LogP contribution in [-0.4, -0.2) is 52.1 Å². The van der Waals surface area contributed by atoms with E-state index in [1.165, 1.54) is 11.3 Å². The second-order valence-electron chi connectivity index (χ2n) is 7.75. The van der Waals surface area contributed by atoms with Gasteiger partial charge in [0, 0.05) is 10.9 Å². The number of thiophene rings is 1. The molecule has 0 saturated heterocycles.